The molecule has 1 aromatic heterocycles. The molecule has 0 spiro atoms. The maximum absolute atomic E-state index is 12.6. The van der Waals surface area contributed by atoms with Crippen LogP contribution in [0, 0.1) is 20.8 Å². The Bertz CT molecular complexity index is 1290. The molecule has 2 heterocycles. The van der Waals surface area contributed by atoms with Gasteiger partial charge in [-0.05, 0) is 97.1 Å². The van der Waals surface area contributed by atoms with E-state index in [0.29, 0.717) is 10.1 Å². The Morgan fingerprint density at radius 1 is 1.03 bits per heavy atom. The van der Waals surface area contributed by atoms with E-state index in [-0.39, 0.29) is 11.3 Å². The van der Waals surface area contributed by atoms with Gasteiger partial charge >= 0.3 is 0 Å². The second kappa shape index (κ2) is 8.99. The second-order valence-corrected chi connectivity index (χ2v) is 11.3. The number of hydrogen-bond donors (Lipinski definition) is 1. The van der Waals surface area contributed by atoms with Crippen molar-refractivity contribution in [3.05, 3.63) is 86.0 Å². The average molecular weight is 523 g/mol. The topological polar surface area (TPSA) is 46.4 Å². The number of hydrogen-bond acceptors (Lipinski definition) is 3. The Balaban J connectivity index is 1.62. The monoisotopic (exact) mass is 521 g/mol. The molecular weight excluding hydrogens is 494 g/mol. The van der Waals surface area contributed by atoms with Crippen LogP contribution in [-0.2, 0) is 10.2 Å². The van der Waals surface area contributed by atoms with Crippen LogP contribution in [0.4, 0.5) is 5.69 Å². The van der Waals surface area contributed by atoms with Gasteiger partial charge in [-0.3, -0.25) is 4.79 Å². The molecule has 0 unspecified atom stereocenters. The van der Waals surface area contributed by atoms with Gasteiger partial charge in [0.15, 0.2) is 5.17 Å². The van der Waals surface area contributed by atoms with Crippen molar-refractivity contribution in [1.29, 1.82) is 0 Å². The van der Waals surface area contributed by atoms with Gasteiger partial charge in [0.25, 0.3) is 5.91 Å². The van der Waals surface area contributed by atoms with Crippen molar-refractivity contribution in [2.24, 2.45) is 4.99 Å². The molecule has 6 heteroatoms. The minimum atomic E-state index is -0.118. The van der Waals surface area contributed by atoms with Crippen molar-refractivity contribution in [1.82, 2.24) is 9.88 Å². The summed E-state index contributed by atoms with van der Waals surface area (Å²) in [6.07, 6.45) is 1.96. The first kappa shape index (κ1) is 23.6. The zero-order valence-corrected chi connectivity index (χ0v) is 22.2. The van der Waals surface area contributed by atoms with E-state index in [1.807, 2.05) is 31.2 Å². The van der Waals surface area contributed by atoms with Crippen molar-refractivity contribution in [3.8, 4) is 5.69 Å². The highest BCUT2D eigenvalue weighted by Gasteiger charge is 2.25. The summed E-state index contributed by atoms with van der Waals surface area (Å²) >= 11 is 4.85. The molecule has 3 aromatic rings. The van der Waals surface area contributed by atoms with Crippen molar-refractivity contribution in [2.75, 3.05) is 0 Å². The van der Waals surface area contributed by atoms with Gasteiger partial charge in [-0.15, -0.1) is 0 Å². The number of amidine groups is 1. The fourth-order valence-corrected chi connectivity index (χ4v) is 5.22. The van der Waals surface area contributed by atoms with Crippen LogP contribution in [0.15, 0.2) is 62.9 Å². The number of nitrogens with one attached hydrogen (secondary N) is 1. The van der Waals surface area contributed by atoms with E-state index in [1.165, 1.54) is 17.3 Å². The normalized spacial score (nSPS) is 16.6. The van der Waals surface area contributed by atoms with Gasteiger partial charge in [-0.1, -0.05) is 48.8 Å². The van der Waals surface area contributed by atoms with Crippen LogP contribution < -0.4 is 5.32 Å². The van der Waals surface area contributed by atoms with Crippen molar-refractivity contribution in [2.45, 2.75) is 47.0 Å². The number of halogens is 1. The minimum absolute atomic E-state index is 0.118. The zero-order chi connectivity index (χ0) is 23.9. The number of carbonyl (C=O) groups is 1. The zero-order valence-electron chi connectivity index (χ0n) is 19.8. The molecule has 33 heavy (non-hydrogen) atoms. The summed E-state index contributed by atoms with van der Waals surface area (Å²) in [4.78, 5) is 17.9. The Labute approximate surface area is 208 Å². The number of aliphatic imine (C=N–C) groups is 1. The van der Waals surface area contributed by atoms with E-state index in [4.69, 9.17) is 0 Å². The Kier molecular flexibility index (Phi) is 6.43. The number of nitrogens with zero attached hydrogens (tertiary/aromatic N) is 2. The van der Waals surface area contributed by atoms with Gasteiger partial charge in [-0.25, -0.2) is 4.99 Å². The Morgan fingerprint density at radius 2 is 1.73 bits per heavy atom. The molecule has 1 aliphatic heterocycles. The third-order valence-electron chi connectivity index (χ3n) is 5.78. The largest absolute Gasteiger partial charge is 0.318 e. The van der Waals surface area contributed by atoms with Gasteiger partial charge in [0.1, 0.15) is 0 Å². The van der Waals surface area contributed by atoms with Crippen LogP contribution in [0.1, 0.15) is 48.8 Å². The summed E-state index contributed by atoms with van der Waals surface area (Å²) in [6, 6.07) is 16.8. The number of benzene rings is 2. The first-order valence-electron chi connectivity index (χ1n) is 10.9. The van der Waals surface area contributed by atoms with Gasteiger partial charge in [-0.2, -0.15) is 0 Å². The molecule has 0 atom stereocenters. The molecule has 0 radical (unpaired) electrons. The number of carbonyl (C=O) groups excluding carboxylic acids is 1. The number of aromatic nitrogens is 1. The van der Waals surface area contributed by atoms with E-state index in [0.717, 1.165) is 38.4 Å². The van der Waals surface area contributed by atoms with Crippen molar-refractivity contribution < 1.29 is 4.79 Å². The third kappa shape index (κ3) is 5.02. The predicted octanol–water partition coefficient (Wildman–Crippen LogP) is 7.35. The summed E-state index contributed by atoms with van der Waals surface area (Å²) in [7, 11) is 0. The molecule has 2 aromatic carbocycles. The lowest BCUT2D eigenvalue weighted by Gasteiger charge is -2.20. The molecule has 0 saturated carbocycles. The quantitative estimate of drug-likeness (QED) is 0.366. The fourth-order valence-electron chi connectivity index (χ4n) is 3.92. The standard InChI is InChI=1S/C27H28BrN3OS/c1-16-13-21(28)9-12-23(16)29-26-30-25(32)24(33-26)15-19-14-17(2)31(18(19)3)22-10-7-20(8-11-22)27(4,5)6/h7-15H,1-6H3,(H,29,30,32)/b24-15-. The van der Waals surface area contributed by atoms with E-state index < -0.39 is 0 Å². The molecule has 1 N–H and O–H groups in total. The summed E-state index contributed by atoms with van der Waals surface area (Å²) in [5.74, 6) is -0.118. The lowest BCUT2D eigenvalue weighted by Crippen LogP contribution is -2.19. The molecular formula is C27H28BrN3OS. The van der Waals surface area contributed by atoms with E-state index in [9.17, 15) is 4.79 Å². The molecule has 0 bridgehead atoms. The highest BCUT2D eigenvalue weighted by Crippen LogP contribution is 2.32. The summed E-state index contributed by atoms with van der Waals surface area (Å²) < 4.78 is 3.24. The number of aryl methyl sites for hydroxylation is 2. The minimum Gasteiger partial charge on any atom is -0.318 e. The van der Waals surface area contributed by atoms with Crippen molar-refractivity contribution >= 4 is 50.5 Å². The lowest BCUT2D eigenvalue weighted by atomic mass is 9.87. The summed E-state index contributed by atoms with van der Waals surface area (Å²) in [5, 5.41) is 3.49. The van der Waals surface area contributed by atoms with Crippen LogP contribution in [0.2, 0.25) is 0 Å². The molecule has 1 aliphatic rings. The molecule has 170 valence electrons. The van der Waals surface area contributed by atoms with Gasteiger partial charge in [0.2, 0.25) is 0 Å². The third-order valence-corrected chi connectivity index (χ3v) is 7.18. The highest BCUT2D eigenvalue weighted by atomic mass is 79.9. The molecule has 4 nitrogen and oxygen atoms in total. The number of rotatable bonds is 3. The smallest absolute Gasteiger partial charge is 0.264 e. The molecule has 1 amide bonds. The van der Waals surface area contributed by atoms with Crippen LogP contribution in [0.5, 0.6) is 0 Å². The molecule has 1 saturated heterocycles. The predicted molar refractivity (Wildman–Crippen MR) is 144 cm³/mol. The SMILES string of the molecule is Cc1cc(Br)ccc1N=C1NC(=O)/C(=C/c2cc(C)n(-c3ccc(C(C)(C)C)cc3)c2C)S1. The van der Waals surface area contributed by atoms with Crippen LogP contribution in [0.25, 0.3) is 11.8 Å². The fraction of sp³-hybridized carbons (Fsp3) is 0.259. The maximum Gasteiger partial charge on any atom is 0.264 e. The van der Waals surface area contributed by atoms with E-state index in [1.54, 1.807) is 0 Å². The van der Waals surface area contributed by atoms with Gasteiger partial charge in [0.05, 0.1) is 10.6 Å². The second-order valence-electron chi connectivity index (χ2n) is 9.37. The first-order chi connectivity index (χ1) is 15.5. The maximum atomic E-state index is 12.6. The van der Waals surface area contributed by atoms with Crippen LogP contribution in [-0.4, -0.2) is 15.6 Å². The van der Waals surface area contributed by atoms with E-state index >= 15 is 0 Å². The average Bonchev–Trinajstić information content (AvgIpc) is 3.22. The van der Waals surface area contributed by atoms with Crippen LogP contribution >= 0.6 is 27.7 Å². The summed E-state index contributed by atoms with van der Waals surface area (Å²) in [6.45, 7) is 12.9. The molecule has 0 aliphatic carbocycles. The van der Waals surface area contributed by atoms with Gasteiger partial charge < -0.3 is 9.88 Å². The number of amides is 1. The molecule has 4 rings (SSSR count). The Hall–Kier alpha value is -2.57. The Morgan fingerprint density at radius 3 is 2.36 bits per heavy atom. The molecule has 1 fully saturated rings. The van der Waals surface area contributed by atoms with E-state index in [2.05, 4.69) is 95.8 Å². The van der Waals surface area contributed by atoms with Crippen LogP contribution in [0.3, 0.4) is 0 Å². The van der Waals surface area contributed by atoms with Gasteiger partial charge in [0, 0.05) is 21.5 Å². The lowest BCUT2D eigenvalue weighted by molar-refractivity contribution is -0.115. The first-order valence-corrected chi connectivity index (χ1v) is 12.5. The van der Waals surface area contributed by atoms with Crippen molar-refractivity contribution in [3.63, 3.8) is 0 Å². The number of thioether (sulfide) groups is 1. The summed E-state index contributed by atoms with van der Waals surface area (Å²) in [5.41, 5.74) is 7.71. The highest BCUT2D eigenvalue weighted by molar-refractivity contribution is 9.10.